The number of unbranched alkanes of at least 4 members (excludes halogenated alkanes) is 3. The summed E-state index contributed by atoms with van der Waals surface area (Å²) >= 11 is 0. The van der Waals surface area contributed by atoms with Crippen LogP contribution in [-0.2, 0) is 54.3 Å². The van der Waals surface area contributed by atoms with E-state index in [1.807, 2.05) is 30.3 Å². The summed E-state index contributed by atoms with van der Waals surface area (Å²) in [6, 6.07) is 7.80. The van der Waals surface area contributed by atoms with Crippen LogP contribution >= 0.6 is 0 Å². The van der Waals surface area contributed by atoms with Crippen molar-refractivity contribution in [2.24, 2.45) is 0 Å². The molecule has 2 aliphatic heterocycles. The van der Waals surface area contributed by atoms with Gasteiger partial charge in [0.05, 0.1) is 32.8 Å². The minimum absolute atomic E-state index is 0.00349. The number of carboxylic acid groups (broad SMARTS) is 1. The van der Waals surface area contributed by atoms with Crippen LogP contribution in [0, 0.1) is 0 Å². The molecule has 2 saturated heterocycles. The van der Waals surface area contributed by atoms with Crippen LogP contribution in [0.1, 0.15) is 63.4 Å². The predicted octanol–water partition coefficient (Wildman–Crippen LogP) is -3.61. The summed E-state index contributed by atoms with van der Waals surface area (Å²) in [5.74, 6) is -3.39. The monoisotopic (exact) mass is 875 g/mol. The lowest BCUT2D eigenvalue weighted by Gasteiger charge is -2.40. The zero-order valence-corrected chi connectivity index (χ0v) is 33.8. The van der Waals surface area contributed by atoms with Crippen molar-refractivity contribution in [3.63, 3.8) is 0 Å². The summed E-state index contributed by atoms with van der Waals surface area (Å²) < 4.78 is 27.0. The summed E-state index contributed by atoms with van der Waals surface area (Å²) in [4.78, 5) is 63.4. The first-order valence-electron chi connectivity index (χ1n) is 20.3. The van der Waals surface area contributed by atoms with Gasteiger partial charge in [0.2, 0.25) is 17.7 Å². The van der Waals surface area contributed by atoms with Crippen LogP contribution in [0.25, 0.3) is 0 Å². The molecule has 0 bridgehead atoms. The van der Waals surface area contributed by atoms with Crippen molar-refractivity contribution in [2.45, 2.75) is 132 Å². The Morgan fingerprint density at radius 1 is 0.689 bits per heavy atom. The standard InChI is InChI=1S/C39H61N3O19/c43-20-25-31(50)33(52)35(54)38(60-25)57-17-15-42(16-18-58-39-36(55)34(53)32(51)26(21-44)61-39)28(46)12-5-2-8-14-40-37(56)24(19-29(47)48)41-27(45)11-6-7-13-30(49)59-22-23-9-3-1-4-10-23/h1,3-4,9-10,24-26,31-36,38-39,43-44,50-55H,2,5-8,11-22H2,(H,40,56)(H,41,45)(H,47,48)/t24-,25+,26+,31+,32+,33-,34-,35-,36-,38-,39-/m0/s1. The minimum Gasteiger partial charge on any atom is -0.481 e. The molecule has 0 spiro atoms. The second-order valence-corrected chi connectivity index (χ2v) is 14.7. The number of amides is 3. The van der Waals surface area contributed by atoms with Gasteiger partial charge in [-0.05, 0) is 31.2 Å². The van der Waals surface area contributed by atoms with Crippen LogP contribution in [0.5, 0.6) is 0 Å². The maximum atomic E-state index is 13.3. The Morgan fingerprint density at radius 2 is 1.23 bits per heavy atom. The van der Waals surface area contributed by atoms with Gasteiger partial charge in [0.15, 0.2) is 12.6 Å². The van der Waals surface area contributed by atoms with Gasteiger partial charge in [-0.25, -0.2) is 0 Å². The zero-order chi connectivity index (χ0) is 44.9. The third-order valence-corrected chi connectivity index (χ3v) is 10.0. The number of nitrogens with one attached hydrogen (secondary N) is 2. The van der Waals surface area contributed by atoms with Crippen molar-refractivity contribution < 1.29 is 93.6 Å². The van der Waals surface area contributed by atoms with Crippen LogP contribution in [0.2, 0.25) is 0 Å². The molecule has 2 heterocycles. The fourth-order valence-electron chi connectivity index (χ4n) is 6.42. The molecule has 22 nitrogen and oxygen atoms in total. The number of rotatable bonds is 27. The molecule has 346 valence electrons. The number of aliphatic carboxylic acids is 1. The molecule has 1 aromatic carbocycles. The molecule has 0 unspecified atom stereocenters. The number of ether oxygens (including phenoxy) is 5. The van der Waals surface area contributed by atoms with Gasteiger partial charge in [-0.15, -0.1) is 0 Å². The number of hydrogen-bond donors (Lipinski definition) is 11. The Kier molecular flexibility index (Phi) is 22.9. The normalized spacial score (nSPS) is 26.8. The fourth-order valence-corrected chi connectivity index (χ4v) is 6.42. The molecule has 3 rings (SSSR count). The molecule has 2 fully saturated rings. The molecule has 0 radical (unpaired) electrons. The van der Waals surface area contributed by atoms with Crippen molar-refractivity contribution >= 4 is 29.7 Å². The van der Waals surface area contributed by atoms with E-state index < -0.39 is 117 Å². The molecule has 1 aromatic rings. The lowest BCUT2D eigenvalue weighted by Crippen LogP contribution is -2.59. The van der Waals surface area contributed by atoms with E-state index in [-0.39, 0.29) is 58.7 Å². The smallest absolute Gasteiger partial charge is 0.306 e. The summed E-state index contributed by atoms with van der Waals surface area (Å²) in [6.45, 7) is -1.84. The van der Waals surface area contributed by atoms with Gasteiger partial charge in [-0.2, -0.15) is 0 Å². The first kappa shape index (κ1) is 51.4. The van der Waals surface area contributed by atoms with Gasteiger partial charge in [-0.1, -0.05) is 36.8 Å². The highest BCUT2D eigenvalue weighted by molar-refractivity contribution is 5.90. The number of aliphatic hydroxyl groups is 8. The van der Waals surface area contributed by atoms with E-state index in [2.05, 4.69) is 10.6 Å². The minimum atomic E-state index is -1.68. The summed E-state index contributed by atoms with van der Waals surface area (Å²) in [5, 5.41) is 94.0. The molecular weight excluding hydrogens is 814 g/mol. The Balaban J connectivity index is 1.43. The van der Waals surface area contributed by atoms with E-state index in [9.17, 15) is 69.9 Å². The molecule has 0 aromatic heterocycles. The molecule has 11 atom stereocenters. The van der Waals surface area contributed by atoms with E-state index in [4.69, 9.17) is 23.7 Å². The highest BCUT2D eigenvalue weighted by atomic mass is 16.7. The highest BCUT2D eigenvalue weighted by Gasteiger charge is 2.45. The molecule has 3 amide bonds. The number of nitrogens with zero attached hydrogens (tertiary/aromatic N) is 1. The van der Waals surface area contributed by atoms with Crippen LogP contribution in [0.4, 0.5) is 0 Å². The third kappa shape index (κ3) is 17.4. The van der Waals surface area contributed by atoms with Crippen LogP contribution in [-0.4, -0.2) is 194 Å². The van der Waals surface area contributed by atoms with Crippen molar-refractivity contribution in [2.75, 3.05) is 46.1 Å². The second-order valence-electron chi connectivity index (χ2n) is 14.7. The Labute approximate surface area is 352 Å². The predicted molar refractivity (Wildman–Crippen MR) is 206 cm³/mol. The maximum absolute atomic E-state index is 13.3. The van der Waals surface area contributed by atoms with Crippen molar-refractivity contribution in [3.8, 4) is 0 Å². The van der Waals surface area contributed by atoms with Crippen LogP contribution < -0.4 is 10.6 Å². The average Bonchev–Trinajstić information content (AvgIpc) is 3.24. The Hall–Kier alpha value is -3.91. The van der Waals surface area contributed by atoms with Crippen LogP contribution in [0.3, 0.4) is 0 Å². The maximum Gasteiger partial charge on any atom is 0.306 e. The highest BCUT2D eigenvalue weighted by Crippen LogP contribution is 2.23. The van der Waals surface area contributed by atoms with E-state index in [1.165, 1.54) is 4.90 Å². The largest absolute Gasteiger partial charge is 0.481 e. The molecule has 22 heteroatoms. The SMILES string of the molecule is O=C(O)C[C@H](NC(=O)CCCCC(=O)OCc1ccccc1)C(=O)NCCCCCC(=O)N(CCO[C@H]1O[C@H](CO)[C@@H](O)[C@H](O)[C@@H]1O)CCO[C@H]1O[C@H](CO)[C@@H](O)[C@H](O)[C@@H]1O. The molecule has 0 saturated carbocycles. The number of esters is 1. The Bertz CT molecular complexity index is 1450. The zero-order valence-electron chi connectivity index (χ0n) is 33.8. The summed E-state index contributed by atoms with van der Waals surface area (Å²) in [6.07, 6.45) is -14.1. The van der Waals surface area contributed by atoms with Crippen LogP contribution in [0.15, 0.2) is 30.3 Å². The van der Waals surface area contributed by atoms with E-state index >= 15 is 0 Å². The first-order chi connectivity index (χ1) is 29.2. The summed E-state index contributed by atoms with van der Waals surface area (Å²) in [5.41, 5.74) is 0.840. The van der Waals surface area contributed by atoms with E-state index in [0.717, 1.165) is 5.56 Å². The number of hydrogen-bond acceptors (Lipinski definition) is 18. The van der Waals surface area contributed by atoms with Gasteiger partial charge < -0.3 is 85.2 Å². The fraction of sp³-hybridized carbons (Fsp3) is 0.718. The van der Waals surface area contributed by atoms with Gasteiger partial charge in [0.25, 0.3) is 0 Å². The molecule has 61 heavy (non-hydrogen) atoms. The molecule has 2 aliphatic rings. The number of carbonyl (C=O) groups excluding carboxylic acids is 4. The molecular formula is C39H61N3O19. The van der Waals surface area contributed by atoms with Gasteiger partial charge in [-0.3, -0.25) is 24.0 Å². The topological polar surface area (TPSA) is 341 Å². The second kappa shape index (κ2) is 27.2. The number of carbonyl (C=O) groups is 5. The quantitative estimate of drug-likeness (QED) is 0.0300. The number of aliphatic hydroxyl groups excluding tert-OH is 8. The molecule has 11 N–H and O–H groups in total. The van der Waals surface area contributed by atoms with Crippen molar-refractivity contribution in [1.29, 1.82) is 0 Å². The Morgan fingerprint density at radius 3 is 1.77 bits per heavy atom. The lowest BCUT2D eigenvalue weighted by molar-refractivity contribution is -0.303. The molecule has 0 aliphatic carbocycles. The van der Waals surface area contributed by atoms with E-state index in [1.54, 1.807) is 0 Å². The van der Waals surface area contributed by atoms with Gasteiger partial charge in [0, 0.05) is 38.9 Å². The third-order valence-electron chi connectivity index (χ3n) is 10.0. The van der Waals surface area contributed by atoms with Crippen molar-refractivity contribution in [3.05, 3.63) is 35.9 Å². The first-order valence-corrected chi connectivity index (χ1v) is 20.3. The van der Waals surface area contributed by atoms with Gasteiger partial charge in [0.1, 0.15) is 61.5 Å². The van der Waals surface area contributed by atoms with Gasteiger partial charge >= 0.3 is 11.9 Å². The number of benzene rings is 1. The lowest BCUT2D eigenvalue weighted by atomic mass is 9.99. The number of carboxylic acids is 1. The van der Waals surface area contributed by atoms with E-state index in [0.29, 0.717) is 32.1 Å². The summed E-state index contributed by atoms with van der Waals surface area (Å²) in [7, 11) is 0. The average molecular weight is 876 g/mol. The van der Waals surface area contributed by atoms with Crippen molar-refractivity contribution in [1.82, 2.24) is 15.5 Å².